The van der Waals surface area contributed by atoms with Crippen LogP contribution in [0.1, 0.15) is 5.56 Å². The largest absolute Gasteiger partial charge is 0.302 e. The minimum atomic E-state index is -1.88. The summed E-state index contributed by atoms with van der Waals surface area (Å²) in [6.07, 6.45) is 0.457. The van der Waals surface area contributed by atoms with Gasteiger partial charge in [0.25, 0.3) is 0 Å². The molecule has 0 amide bonds. The molecule has 2 nitrogen and oxygen atoms in total. The number of hydrogen-bond donors (Lipinski definition) is 1. The van der Waals surface area contributed by atoms with Crippen molar-refractivity contribution in [2.24, 2.45) is 0 Å². The number of benzene rings is 1. The lowest BCUT2D eigenvalue weighted by Gasteiger charge is -1.96. The molecule has 1 rings (SSSR count). The van der Waals surface area contributed by atoms with Crippen LogP contribution in [-0.2, 0) is 17.4 Å². The van der Waals surface area contributed by atoms with E-state index < -0.39 is 11.1 Å². The first-order valence-electron chi connectivity index (χ1n) is 3.14. The van der Waals surface area contributed by atoms with E-state index in [2.05, 4.69) is 0 Å². The molecule has 0 aromatic heterocycles. The van der Waals surface area contributed by atoms with Crippen LogP contribution in [0.15, 0.2) is 29.2 Å². The van der Waals surface area contributed by atoms with Crippen LogP contribution in [0, 0.1) is 0 Å². The van der Waals surface area contributed by atoms with E-state index in [4.69, 9.17) is 12.4 Å². The van der Waals surface area contributed by atoms with Crippen LogP contribution < -0.4 is 0 Å². The molecule has 11 heavy (non-hydrogen) atoms. The minimum Gasteiger partial charge on any atom is -0.302 e. The molecule has 1 atom stereocenters. The van der Waals surface area contributed by atoms with Crippen molar-refractivity contribution in [1.29, 1.82) is 0 Å². The zero-order valence-corrected chi connectivity index (χ0v) is 6.67. The Morgan fingerprint density at radius 3 is 2.27 bits per heavy atom. The third-order valence-electron chi connectivity index (χ3n) is 1.36. The summed E-state index contributed by atoms with van der Waals surface area (Å²) in [5, 5.41) is 0. The monoisotopic (exact) mass is 166 g/mol. The Hall–Kier alpha value is -0.605. The van der Waals surface area contributed by atoms with Crippen molar-refractivity contribution < 1.29 is 8.76 Å². The lowest BCUT2D eigenvalue weighted by atomic mass is 9.97. The Morgan fingerprint density at radius 1 is 1.36 bits per heavy atom. The highest BCUT2D eigenvalue weighted by Crippen LogP contribution is 2.06. The first-order chi connectivity index (χ1) is 5.24. The van der Waals surface area contributed by atoms with Crippen molar-refractivity contribution in [3.05, 3.63) is 29.8 Å². The molecule has 1 aromatic rings. The summed E-state index contributed by atoms with van der Waals surface area (Å²) in [6.45, 7) is 0. The van der Waals surface area contributed by atoms with Gasteiger partial charge in [0.1, 0.15) is 0 Å². The molecule has 1 unspecified atom stereocenters. The summed E-state index contributed by atoms with van der Waals surface area (Å²) < 4.78 is 19.1. The van der Waals surface area contributed by atoms with Crippen LogP contribution in [-0.4, -0.2) is 16.6 Å². The van der Waals surface area contributed by atoms with Crippen LogP contribution in [0.5, 0.6) is 0 Å². The fraction of sp³-hybridized carbons (Fsp3) is 0.143. The van der Waals surface area contributed by atoms with Gasteiger partial charge in [-0.3, -0.25) is 0 Å². The van der Waals surface area contributed by atoms with Crippen LogP contribution in [0.25, 0.3) is 0 Å². The van der Waals surface area contributed by atoms with Crippen LogP contribution in [0.2, 0.25) is 0 Å². The molecule has 0 bridgehead atoms. The third kappa shape index (κ3) is 2.17. The van der Waals surface area contributed by atoms with Gasteiger partial charge >= 0.3 is 0 Å². The van der Waals surface area contributed by atoms with Gasteiger partial charge in [0.2, 0.25) is 0 Å². The van der Waals surface area contributed by atoms with Gasteiger partial charge in [-0.2, -0.15) is 0 Å². The molecule has 0 heterocycles. The van der Waals surface area contributed by atoms with E-state index in [1.54, 1.807) is 24.3 Å². The molecule has 0 aliphatic carbocycles. The van der Waals surface area contributed by atoms with Crippen molar-refractivity contribution in [3.8, 4) is 0 Å². The van der Waals surface area contributed by atoms with Gasteiger partial charge in [-0.25, -0.2) is 4.21 Å². The molecule has 0 aliphatic heterocycles. The molecule has 1 N–H and O–H groups in total. The SMILES string of the molecule is [B]Cc1ccc(S(=O)O)cc1. The van der Waals surface area contributed by atoms with E-state index in [-0.39, 0.29) is 0 Å². The summed E-state index contributed by atoms with van der Waals surface area (Å²) in [5.74, 6) is 0. The molecule has 0 fully saturated rings. The van der Waals surface area contributed by atoms with Gasteiger partial charge in [-0.05, 0) is 12.1 Å². The third-order valence-corrected chi connectivity index (χ3v) is 2.04. The molecular weight excluding hydrogens is 159 g/mol. The average Bonchev–Trinajstić information content (AvgIpc) is 2.05. The zero-order chi connectivity index (χ0) is 8.27. The summed E-state index contributed by atoms with van der Waals surface area (Å²) in [5.41, 5.74) is 0.958. The number of hydrogen-bond acceptors (Lipinski definition) is 1. The standard InChI is InChI=1S/C7H7BO2S/c8-5-6-1-3-7(4-2-6)11(9)10/h1-4H,5H2,(H,9,10). The minimum absolute atomic E-state index is 0.405. The van der Waals surface area contributed by atoms with Gasteiger partial charge in [0.15, 0.2) is 11.1 Å². The summed E-state index contributed by atoms with van der Waals surface area (Å²) in [4.78, 5) is 0.405. The highest BCUT2D eigenvalue weighted by Gasteiger charge is 1.97. The molecule has 0 saturated heterocycles. The topological polar surface area (TPSA) is 37.3 Å². The average molecular weight is 166 g/mol. The maximum absolute atomic E-state index is 10.5. The fourth-order valence-electron chi connectivity index (χ4n) is 0.742. The van der Waals surface area contributed by atoms with E-state index in [1.807, 2.05) is 0 Å². The molecule has 0 saturated carbocycles. The van der Waals surface area contributed by atoms with Gasteiger partial charge in [0, 0.05) is 0 Å². The van der Waals surface area contributed by atoms with Gasteiger partial charge in [-0.15, -0.1) is 0 Å². The number of rotatable bonds is 2. The fourth-order valence-corrected chi connectivity index (χ4v) is 1.11. The highest BCUT2D eigenvalue weighted by atomic mass is 32.2. The van der Waals surface area contributed by atoms with E-state index in [1.165, 1.54) is 0 Å². The lowest BCUT2D eigenvalue weighted by Crippen LogP contribution is -1.89. The molecule has 0 spiro atoms. The second-order valence-corrected chi connectivity index (χ2v) is 3.07. The molecule has 2 radical (unpaired) electrons. The Labute approximate surface area is 69.3 Å². The van der Waals surface area contributed by atoms with Crippen molar-refractivity contribution in [3.63, 3.8) is 0 Å². The maximum atomic E-state index is 10.5. The van der Waals surface area contributed by atoms with Gasteiger partial charge < -0.3 is 4.55 Å². The van der Waals surface area contributed by atoms with Crippen LogP contribution >= 0.6 is 0 Å². The maximum Gasteiger partial charge on any atom is 0.186 e. The van der Waals surface area contributed by atoms with E-state index >= 15 is 0 Å². The van der Waals surface area contributed by atoms with Crippen molar-refractivity contribution in [2.75, 3.05) is 0 Å². The van der Waals surface area contributed by atoms with E-state index in [0.29, 0.717) is 11.2 Å². The van der Waals surface area contributed by atoms with Crippen molar-refractivity contribution in [1.82, 2.24) is 0 Å². The summed E-state index contributed by atoms with van der Waals surface area (Å²) in [7, 11) is 5.34. The smallest absolute Gasteiger partial charge is 0.186 e. The molecule has 0 aliphatic rings. The normalized spacial score (nSPS) is 12.8. The molecule has 56 valence electrons. The molecular formula is C7H7BO2S. The second-order valence-electron chi connectivity index (χ2n) is 2.10. The Balaban J connectivity index is 2.91. The van der Waals surface area contributed by atoms with Crippen LogP contribution in [0.4, 0.5) is 0 Å². The Bertz CT molecular complexity index is 258. The predicted molar refractivity (Wildman–Crippen MR) is 44.9 cm³/mol. The van der Waals surface area contributed by atoms with Crippen molar-refractivity contribution >= 4 is 18.9 Å². The van der Waals surface area contributed by atoms with Gasteiger partial charge in [0.05, 0.1) is 12.7 Å². The molecule has 4 heteroatoms. The lowest BCUT2D eigenvalue weighted by molar-refractivity contribution is 0.564. The molecule has 1 aromatic carbocycles. The highest BCUT2D eigenvalue weighted by molar-refractivity contribution is 7.79. The second kappa shape index (κ2) is 3.69. The Morgan fingerprint density at radius 2 is 1.91 bits per heavy atom. The summed E-state index contributed by atoms with van der Waals surface area (Å²) >= 11 is -1.88. The Kier molecular flexibility index (Phi) is 2.85. The quantitative estimate of drug-likeness (QED) is 0.524. The van der Waals surface area contributed by atoms with Crippen molar-refractivity contribution in [2.45, 2.75) is 11.2 Å². The van der Waals surface area contributed by atoms with Crippen LogP contribution in [0.3, 0.4) is 0 Å². The van der Waals surface area contributed by atoms with E-state index in [0.717, 1.165) is 5.56 Å². The zero-order valence-electron chi connectivity index (χ0n) is 5.86. The summed E-state index contributed by atoms with van der Waals surface area (Å²) in [6, 6.07) is 6.67. The predicted octanol–water partition coefficient (Wildman–Crippen LogP) is 0.936. The van der Waals surface area contributed by atoms with E-state index in [9.17, 15) is 4.21 Å². The first kappa shape index (κ1) is 8.49. The first-order valence-corrected chi connectivity index (χ1v) is 4.24. The van der Waals surface area contributed by atoms with Gasteiger partial charge in [-0.1, -0.05) is 24.0 Å².